The Bertz CT molecular complexity index is 807. The summed E-state index contributed by atoms with van der Waals surface area (Å²) < 4.78 is 8.65. The second-order valence-electron chi connectivity index (χ2n) is 6.09. The first-order valence-electron chi connectivity index (χ1n) is 8.13. The second kappa shape index (κ2) is 6.70. The zero-order valence-electron chi connectivity index (χ0n) is 13.6. The summed E-state index contributed by atoms with van der Waals surface area (Å²) in [5, 5.41) is 3.38. The van der Waals surface area contributed by atoms with Gasteiger partial charge in [0.1, 0.15) is 16.9 Å². The summed E-state index contributed by atoms with van der Waals surface area (Å²) in [7, 11) is 2.17. The first-order valence-corrected chi connectivity index (χ1v) is 8.86. The number of hydrogen-bond acceptors (Lipinski definition) is 7. The van der Waals surface area contributed by atoms with Crippen LogP contribution in [0.15, 0.2) is 36.5 Å². The van der Waals surface area contributed by atoms with Crippen LogP contribution in [0, 0.1) is 0 Å². The topological polar surface area (TPSA) is 57.2 Å². The van der Waals surface area contributed by atoms with Gasteiger partial charge in [0, 0.05) is 38.3 Å². The first kappa shape index (κ1) is 15.3. The quantitative estimate of drug-likeness (QED) is 0.787. The average molecular weight is 340 g/mol. The van der Waals surface area contributed by atoms with Crippen molar-refractivity contribution < 1.29 is 0 Å². The molecule has 1 fully saturated rings. The van der Waals surface area contributed by atoms with Gasteiger partial charge in [-0.15, -0.1) is 0 Å². The number of aromatic nitrogens is 3. The van der Waals surface area contributed by atoms with Crippen LogP contribution < -0.4 is 10.2 Å². The zero-order valence-corrected chi connectivity index (χ0v) is 14.5. The standard InChI is InChI=1S/C17H20N6S/c1-22-7-9-23(10-8-22)14-5-6-16(19-12-14)18-11-13-3-2-4-15-17(13)21-24-20-15/h2-6,12H,7-11H2,1H3,(H,18,19). The van der Waals surface area contributed by atoms with E-state index < -0.39 is 0 Å². The second-order valence-corrected chi connectivity index (χ2v) is 6.62. The summed E-state index contributed by atoms with van der Waals surface area (Å²) in [4.78, 5) is 9.30. The SMILES string of the molecule is CN1CCN(c2ccc(NCc3cccc4nsnc34)nc2)CC1. The number of nitrogens with one attached hydrogen (secondary N) is 1. The third-order valence-corrected chi connectivity index (χ3v) is 4.99. The van der Waals surface area contributed by atoms with E-state index in [1.807, 2.05) is 24.4 Å². The number of likely N-dealkylation sites (N-methyl/N-ethyl adjacent to an activating group) is 1. The van der Waals surface area contributed by atoms with Gasteiger partial charge in [-0.05, 0) is 25.2 Å². The van der Waals surface area contributed by atoms with E-state index in [1.54, 1.807) is 0 Å². The highest BCUT2D eigenvalue weighted by Gasteiger charge is 2.14. The Hall–Kier alpha value is -2.25. The van der Waals surface area contributed by atoms with Crippen molar-refractivity contribution in [3.05, 3.63) is 42.1 Å². The molecule has 2 aromatic heterocycles. The molecule has 0 atom stereocenters. The van der Waals surface area contributed by atoms with Crippen LogP contribution in [0.25, 0.3) is 11.0 Å². The van der Waals surface area contributed by atoms with Crippen molar-refractivity contribution in [3.63, 3.8) is 0 Å². The van der Waals surface area contributed by atoms with Crippen LogP contribution in [0.3, 0.4) is 0 Å². The lowest BCUT2D eigenvalue weighted by atomic mass is 10.2. The van der Waals surface area contributed by atoms with Crippen molar-refractivity contribution in [2.45, 2.75) is 6.54 Å². The van der Waals surface area contributed by atoms with Gasteiger partial charge >= 0.3 is 0 Å². The van der Waals surface area contributed by atoms with Gasteiger partial charge in [-0.3, -0.25) is 0 Å². The number of rotatable bonds is 4. The molecule has 1 aliphatic rings. The van der Waals surface area contributed by atoms with Crippen LogP contribution in [0.5, 0.6) is 0 Å². The van der Waals surface area contributed by atoms with E-state index in [0.717, 1.165) is 48.6 Å². The van der Waals surface area contributed by atoms with E-state index in [2.05, 4.69) is 48.0 Å². The van der Waals surface area contributed by atoms with Crippen LogP contribution >= 0.6 is 11.7 Å². The third kappa shape index (κ3) is 3.18. The number of fused-ring (bicyclic) bond motifs is 1. The Morgan fingerprint density at radius 1 is 1.08 bits per heavy atom. The van der Waals surface area contributed by atoms with Crippen LogP contribution in [0.4, 0.5) is 11.5 Å². The number of pyridine rings is 1. The molecular weight excluding hydrogens is 320 g/mol. The van der Waals surface area contributed by atoms with Gasteiger partial charge < -0.3 is 15.1 Å². The molecule has 0 amide bonds. The number of piperazine rings is 1. The molecule has 3 heterocycles. The van der Waals surface area contributed by atoms with E-state index in [-0.39, 0.29) is 0 Å². The fraction of sp³-hybridized carbons (Fsp3) is 0.353. The van der Waals surface area contributed by atoms with Gasteiger partial charge in [0.05, 0.1) is 23.6 Å². The molecule has 0 unspecified atom stereocenters. The van der Waals surface area contributed by atoms with Gasteiger partial charge in [-0.25, -0.2) is 4.98 Å². The molecule has 24 heavy (non-hydrogen) atoms. The monoisotopic (exact) mass is 340 g/mol. The van der Waals surface area contributed by atoms with Crippen LogP contribution in [0.2, 0.25) is 0 Å². The van der Waals surface area contributed by atoms with Crippen molar-refractivity contribution in [3.8, 4) is 0 Å². The maximum Gasteiger partial charge on any atom is 0.126 e. The highest BCUT2D eigenvalue weighted by atomic mass is 32.1. The normalized spacial score (nSPS) is 15.8. The molecule has 1 saturated heterocycles. The number of anilines is 2. The van der Waals surface area contributed by atoms with Gasteiger partial charge in [-0.2, -0.15) is 8.75 Å². The molecule has 3 aromatic rings. The minimum atomic E-state index is 0.698. The fourth-order valence-corrected chi connectivity index (χ4v) is 3.50. The first-order chi connectivity index (χ1) is 11.8. The Morgan fingerprint density at radius 3 is 2.75 bits per heavy atom. The number of hydrogen-bond donors (Lipinski definition) is 1. The Morgan fingerprint density at radius 2 is 1.96 bits per heavy atom. The molecule has 1 aromatic carbocycles. The summed E-state index contributed by atoms with van der Waals surface area (Å²) in [6, 6.07) is 10.3. The van der Waals surface area contributed by atoms with Crippen molar-refractivity contribution in [1.29, 1.82) is 0 Å². The molecule has 0 aliphatic carbocycles. The Balaban J connectivity index is 1.41. The molecule has 1 aliphatic heterocycles. The maximum atomic E-state index is 4.56. The Kier molecular flexibility index (Phi) is 4.27. The molecule has 6 nitrogen and oxygen atoms in total. The number of nitrogens with zero attached hydrogens (tertiary/aromatic N) is 5. The van der Waals surface area contributed by atoms with E-state index in [9.17, 15) is 0 Å². The fourth-order valence-electron chi connectivity index (χ4n) is 2.93. The van der Waals surface area contributed by atoms with E-state index in [0.29, 0.717) is 6.54 Å². The summed E-state index contributed by atoms with van der Waals surface area (Å²) in [6.07, 6.45) is 1.96. The molecule has 124 valence electrons. The molecule has 1 N–H and O–H groups in total. The highest BCUT2D eigenvalue weighted by Crippen LogP contribution is 2.19. The molecule has 0 radical (unpaired) electrons. The number of benzene rings is 1. The van der Waals surface area contributed by atoms with E-state index in [1.165, 1.54) is 17.4 Å². The maximum absolute atomic E-state index is 4.56. The summed E-state index contributed by atoms with van der Waals surface area (Å²) in [5.74, 6) is 0.882. The zero-order chi connectivity index (χ0) is 16.4. The third-order valence-electron chi connectivity index (χ3n) is 4.45. The lowest BCUT2D eigenvalue weighted by molar-refractivity contribution is 0.313. The van der Waals surface area contributed by atoms with Crippen molar-refractivity contribution in [2.75, 3.05) is 43.4 Å². The summed E-state index contributed by atoms with van der Waals surface area (Å²) in [6.45, 7) is 5.02. The van der Waals surface area contributed by atoms with E-state index >= 15 is 0 Å². The minimum Gasteiger partial charge on any atom is -0.368 e. The van der Waals surface area contributed by atoms with Crippen molar-refractivity contribution >= 4 is 34.3 Å². The van der Waals surface area contributed by atoms with Crippen molar-refractivity contribution in [1.82, 2.24) is 18.6 Å². The van der Waals surface area contributed by atoms with Crippen LogP contribution in [-0.4, -0.2) is 51.9 Å². The predicted octanol–water partition coefficient (Wildman–Crippen LogP) is 2.45. The van der Waals surface area contributed by atoms with Gasteiger partial charge in [0.25, 0.3) is 0 Å². The molecule has 0 spiro atoms. The predicted molar refractivity (Wildman–Crippen MR) is 98.7 cm³/mol. The molecule has 4 rings (SSSR count). The largest absolute Gasteiger partial charge is 0.368 e. The van der Waals surface area contributed by atoms with Crippen molar-refractivity contribution in [2.24, 2.45) is 0 Å². The lowest BCUT2D eigenvalue weighted by Gasteiger charge is -2.33. The van der Waals surface area contributed by atoms with Gasteiger partial charge in [-0.1, -0.05) is 12.1 Å². The average Bonchev–Trinajstić information content (AvgIpc) is 3.10. The van der Waals surface area contributed by atoms with Crippen LogP contribution in [0.1, 0.15) is 5.56 Å². The molecule has 7 heteroatoms. The summed E-state index contributed by atoms with van der Waals surface area (Å²) in [5.41, 5.74) is 4.27. The van der Waals surface area contributed by atoms with Crippen LogP contribution in [-0.2, 0) is 6.54 Å². The minimum absolute atomic E-state index is 0.698. The highest BCUT2D eigenvalue weighted by molar-refractivity contribution is 7.00. The molecule has 0 saturated carbocycles. The Labute approximate surface area is 145 Å². The van der Waals surface area contributed by atoms with E-state index in [4.69, 9.17) is 0 Å². The summed E-state index contributed by atoms with van der Waals surface area (Å²) >= 11 is 1.25. The molecular formula is C17H20N6S. The molecule has 0 bridgehead atoms. The van der Waals surface area contributed by atoms with Gasteiger partial charge in [0.2, 0.25) is 0 Å². The lowest BCUT2D eigenvalue weighted by Crippen LogP contribution is -2.44. The smallest absolute Gasteiger partial charge is 0.126 e. The van der Waals surface area contributed by atoms with Gasteiger partial charge in [0.15, 0.2) is 0 Å².